The standard InChI is InChI=1S/C20H27ClN2S/c1-3-23(4-2)12-13-24-20-16-8-6-5-7-9-18(16)22-19-11-10-15(21)14-17(19)20/h10-11,14H,3-9,12-13H2,1-2H3. The van der Waals surface area contributed by atoms with Crippen LogP contribution in [-0.2, 0) is 12.8 Å². The van der Waals surface area contributed by atoms with E-state index >= 15 is 0 Å². The lowest BCUT2D eigenvalue weighted by atomic mass is 10.1. The highest BCUT2D eigenvalue weighted by Crippen LogP contribution is 2.36. The Balaban J connectivity index is 1.96. The van der Waals surface area contributed by atoms with Gasteiger partial charge in [-0.15, -0.1) is 11.8 Å². The predicted molar refractivity (Wildman–Crippen MR) is 107 cm³/mol. The summed E-state index contributed by atoms with van der Waals surface area (Å²) in [6.45, 7) is 7.86. The van der Waals surface area contributed by atoms with Gasteiger partial charge in [-0.2, -0.15) is 0 Å². The summed E-state index contributed by atoms with van der Waals surface area (Å²) in [6, 6.07) is 6.15. The topological polar surface area (TPSA) is 16.1 Å². The summed E-state index contributed by atoms with van der Waals surface area (Å²) in [5, 5.41) is 2.05. The minimum absolute atomic E-state index is 0.809. The molecular weight excluding hydrogens is 336 g/mol. The van der Waals surface area contributed by atoms with Gasteiger partial charge in [0.15, 0.2) is 0 Å². The molecule has 0 amide bonds. The molecule has 24 heavy (non-hydrogen) atoms. The number of halogens is 1. The fourth-order valence-corrected chi connectivity index (χ4v) is 4.95. The second-order valence-corrected chi connectivity index (χ2v) is 8.01. The molecule has 0 atom stereocenters. The van der Waals surface area contributed by atoms with Crippen LogP contribution < -0.4 is 0 Å². The molecule has 1 heterocycles. The molecule has 3 rings (SSSR count). The normalized spacial score (nSPS) is 14.8. The van der Waals surface area contributed by atoms with E-state index in [1.807, 2.05) is 17.8 Å². The molecule has 130 valence electrons. The molecule has 2 aromatic rings. The zero-order chi connectivity index (χ0) is 16.9. The molecule has 1 aromatic carbocycles. The van der Waals surface area contributed by atoms with Crippen LogP contribution in [0.15, 0.2) is 23.1 Å². The lowest BCUT2D eigenvalue weighted by Gasteiger charge is -2.19. The van der Waals surface area contributed by atoms with Gasteiger partial charge in [-0.1, -0.05) is 31.9 Å². The van der Waals surface area contributed by atoms with Crippen LogP contribution in [0.2, 0.25) is 5.02 Å². The smallest absolute Gasteiger partial charge is 0.0717 e. The number of fused-ring (bicyclic) bond motifs is 2. The summed E-state index contributed by atoms with van der Waals surface area (Å²) in [5.41, 5.74) is 3.92. The van der Waals surface area contributed by atoms with Crippen molar-refractivity contribution >= 4 is 34.3 Å². The van der Waals surface area contributed by atoms with Crippen molar-refractivity contribution in [2.75, 3.05) is 25.4 Å². The average Bonchev–Trinajstić information content (AvgIpc) is 2.83. The van der Waals surface area contributed by atoms with E-state index in [4.69, 9.17) is 16.6 Å². The average molecular weight is 363 g/mol. The number of aryl methyl sites for hydroxylation is 1. The lowest BCUT2D eigenvalue weighted by Crippen LogP contribution is -2.25. The van der Waals surface area contributed by atoms with Gasteiger partial charge in [-0.3, -0.25) is 4.98 Å². The number of aromatic nitrogens is 1. The van der Waals surface area contributed by atoms with E-state index in [0.717, 1.165) is 42.3 Å². The molecule has 0 saturated heterocycles. The minimum atomic E-state index is 0.809. The third-order valence-electron chi connectivity index (χ3n) is 4.97. The van der Waals surface area contributed by atoms with Crippen LogP contribution in [0, 0.1) is 0 Å². The van der Waals surface area contributed by atoms with Crippen LogP contribution in [0.3, 0.4) is 0 Å². The third-order valence-corrected chi connectivity index (χ3v) is 6.35. The Kier molecular flexibility index (Phi) is 6.43. The summed E-state index contributed by atoms with van der Waals surface area (Å²) >= 11 is 8.29. The lowest BCUT2D eigenvalue weighted by molar-refractivity contribution is 0.324. The summed E-state index contributed by atoms with van der Waals surface area (Å²) in [5.74, 6) is 1.12. The second-order valence-electron chi connectivity index (χ2n) is 6.46. The van der Waals surface area contributed by atoms with Crippen LogP contribution in [0.5, 0.6) is 0 Å². The van der Waals surface area contributed by atoms with E-state index in [-0.39, 0.29) is 0 Å². The fourth-order valence-electron chi connectivity index (χ4n) is 3.51. The van der Waals surface area contributed by atoms with Crippen LogP contribution in [0.1, 0.15) is 44.4 Å². The van der Waals surface area contributed by atoms with Crippen molar-refractivity contribution in [3.63, 3.8) is 0 Å². The van der Waals surface area contributed by atoms with Crippen molar-refractivity contribution < 1.29 is 0 Å². The molecule has 1 aliphatic carbocycles. The van der Waals surface area contributed by atoms with Crippen molar-refractivity contribution in [3.8, 4) is 0 Å². The van der Waals surface area contributed by atoms with Crippen LogP contribution in [0.4, 0.5) is 0 Å². The van der Waals surface area contributed by atoms with E-state index in [9.17, 15) is 0 Å². The number of benzene rings is 1. The monoisotopic (exact) mass is 362 g/mol. The molecule has 0 N–H and O–H groups in total. The van der Waals surface area contributed by atoms with Gasteiger partial charge in [0.1, 0.15) is 0 Å². The molecule has 0 bridgehead atoms. The molecule has 0 radical (unpaired) electrons. The molecule has 0 unspecified atom stereocenters. The van der Waals surface area contributed by atoms with E-state index < -0.39 is 0 Å². The van der Waals surface area contributed by atoms with Crippen molar-refractivity contribution in [3.05, 3.63) is 34.5 Å². The third kappa shape index (κ3) is 4.07. The van der Waals surface area contributed by atoms with Crippen LogP contribution in [0.25, 0.3) is 10.9 Å². The number of thioether (sulfide) groups is 1. The summed E-state index contributed by atoms with van der Waals surface area (Å²) in [6.07, 6.45) is 6.15. The quantitative estimate of drug-likeness (QED) is 0.492. The van der Waals surface area contributed by atoms with Crippen molar-refractivity contribution in [2.45, 2.75) is 50.8 Å². The molecule has 2 nitrogen and oxygen atoms in total. The molecular formula is C20H27ClN2S. The van der Waals surface area contributed by atoms with Gasteiger partial charge in [0, 0.05) is 33.3 Å². The molecule has 0 saturated carbocycles. The number of rotatable bonds is 6. The summed E-state index contributed by atoms with van der Waals surface area (Å²) in [4.78, 5) is 8.90. The van der Waals surface area contributed by atoms with E-state index in [1.54, 1.807) is 0 Å². The van der Waals surface area contributed by atoms with E-state index in [0.29, 0.717) is 0 Å². The SMILES string of the molecule is CCN(CC)CCSc1c2c(nc3ccc(Cl)cc13)CCCCC2. The maximum absolute atomic E-state index is 6.29. The van der Waals surface area contributed by atoms with Gasteiger partial charge in [0.25, 0.3) is 0 Å². The van der Waals surface area contributed by atoms with Gasteiger partial charge in [-0.25, -0.2) is 0 Å². The molecule has 1 aliphatic rings. The van der Waals surface area contributed by atoms with Crippen molar-refractivity contribution in [1.29, 1.82) is 0 Å². The Bertz CT molecular complexity index is 698. The number of pyridine rings is 1. The molecule has 1 aromatic heterocycles. The molecule has 0 aliphatic heterocycles. The first-order valence-corrected chi connectivity index (χ1v) is 10.6. The van der Waals surface area contributed by atoms with Gasteiger partial charge in [0.2, 0.25) is 0 Å². The Labute approximate surface area is 155 Å². The van der Waals surface area contributed by atoms with E-state index in [2.05, 4.69) is 30.9 Å². The predicted octanol–water partition coefficient (Wildman–Crippen LogP) is 5.59. The Hall–Kier alpha value is -0.770. The first-order valence-electron chi connectivity index (χ1n) is 9.19. The summed E-state index contributed by atoms with van der Waals surface area (Å²) in [7, 11) is 0. The minimum Gasteiger partial charge on any atom is -0.303 e. The number of hydrogen-bond acceptors (Lipinski definition) is 3. The number of nitrogens with zero attached hydrogens (tertiary/aromatic N) is 2. The first kappa shape index (κ1) is 18.0. The summed E-state index contributed by atoms with van der Waals surface area (Å²) < 4.78 is 0. The maximum Gasteiger partial charge on any atom is 0.0717 e. The Morgan fingerprint density at radius 3 is 2.71 bits per heavy atom. The first-order chi connectivity index (χ1) is 11.7. The second kappa shape index (κ2) is 8.55. The maximum atomic E-state index is 6.29. The van der Waals surface area contributed by atoms with Crippen LogP contribution >= 0.6 is 23.4 Å². The largest absolute Gasteiger partial charge is 0.303 e. The highest BCUT2D eigenvalue weighted by molar-refractivity contribution is 7.99. The molecule has 0 spiro atoms. The number of hydrogen-bond donors (Lipinski definition) is 0. The fraction of sp³-hybridized carbons (Fsp3) is 0.550. The molecule has 0 fully saturated rings. The van der Waals surface area contributed by atoms with Crippen molar-refractivity contribution in [1.82, 2.24) is 9.88 Å². The van der Waals surface area contributed by atoms with Gasteiger partial charge < -0.3 is 4.90 Å². The zero-order valence-corrected chi connectivity index (χ0v) is 16.3. The van der Waals surface area contributed by atoms with Crippen molar-refractivity contribution in [2.24, 2.45) is 0 Å². The highest BCUT2D eigenvalue weighted by atomic mass is 35.5. The van der Waals surface area contributed by atoms with Gasteiger partial charge >= 0.3 is 0 Å². The highest BCUT2D eigenvalue weighted by Gasteiger charge is 2.18. The van der Waals surface area contributed by atoms with Gasteiger partial charge in [-0.05, 0) is 62.5 Å². The van der Waals surface area contributed by atoms with E-state index in [1.165, 1.54) is 47.2 Å². The molecule has 4 heteroatoms. The Morgan fingerprint density at radius 2 is 1.92 bits per heavy atom. The van der Waals surface area contributed by atoms with Gasteiger partial charge in [0.05, 0.1) is 5.52 Å². The zero-order valence-electron chi connectivity index (χ0n) is 14.8. The van der Waals surface area contributed by atoms with Crippen LogP contribution in [-0.4, -0.2) is 35.3 Å². The Morgan fingerprint density at radius 1 is 1.12 bits per heavy atom.